The maximum atomic E-state index is 13.8. The Hall–Kier alpha value is -1.76. The lowest BCUT2D eigenvalue weighted by Gasteiger charge is -2.32. The Kier molecular flexibility index (Phi) is 4.99. The Labute approximate surface area is 120 Å². The molecule has 0 radical (unpaired) electrons. The lowest BCUT2D eigenvalue weighted by atomic mass is 9.98. The molecule has 1 heterocycles. The molecule has 0 saturated carbocycles. The first-order chi connectivity index (χ1) is 8.97. The van der Waals surface area contributed by atoms with Crippen molar-refractivity contribution in [2.24, 2.45) is 0 Å². The second-order valence-corrected chi connectivity index (χ2v) is 4.02. The van der Waals surface area contributed by atoms with Crippen LogP contribution in [0.5, 0.6) is 11.5 Å². The SMILES string of the molecule is COc1ccc(OC)c([C@@H]2NC(=O)OCC2(F)F)c1.Cl. The molecule has 5 nitrogen and oxygen atoms in total. The van der Waals surface area contributed by atoms with Gasteiger partial charge in [0.2, 0.25) is 0 Å². The molecular formula is C12H14ClF2NO4. The number of halogens is 3. The van der Waals surface area contributed by atoms with Crippen LogP contribution in [0.2, 0.25) is 0 Å². The van der Waals surface area contributed by atoms with Gasteiger partial charge in [-0.3, -0.25) is 0 Å². The molecule has 1 amide bonds. The average Bonchev–Trinajstić information content (AvgIpc) is 2.41. The summed E-state index contributed by atoms with van der Waals surface area (Å²) in [6, 6.07) is 2.98. The first-order valence-electron chi connectivity index (χ1n) is 5.51. The number of ether oxygens (including phenoxy) is 3. The van der Waals surface area contributed by atoms with Crippen LogP contribution in [0, 0.1) is 0 Å². The Morgan fingerprint density at radius 1 is 1.35 bits per heavy atom. The summed E-state index contributed by atoms with van der Waals surface area (Å²) in [4.78, 5) is 11.1. The van der Waals surface area contributed by atoms with E-state index in [4.69, 9.17) is 9.47 Å². The zero-order valence-electron chi connectivity index (χ0n) is 10.8. The molecule has 0 unspecified atom stereocenters. The fourth-order valence-electron chi connectivity index (χ4n) is 1.88. The third-order valence-corrected chi connectivity index (χ3v) is 2.83. The van der Waals surface area contributed by atoms with Gasteiger partial charge in [0.05, 0.1) is 14.2 Å². The second-order valence-electron chi connectivity index (χ2n) is 4.02. The highest BCUT2D eigenvalue weighted by molar-refractivity contribution is 5.85. The van der Waals surface area contributed by atoms with Crippen LogP contribution in [0.3, 0.4) is 0 Å². The minimum absolute atomic E-state index is 0. The first kappa shape index (κ1) is 16.3. The van der Waals surface area contributed by atoms with Crippen molar-refractivity contribution in [1.82, 2.24) is 5.32 Å². The molecule has 0 bridgehead atoms. The molecule has 2 rings (SSSR count). The van der Waals surface area contributed by atoms with E-state index in [1.165, 1.54) is 26.4 Å². The third-order valence-electron chi connectivity index (χ3n) is 2.83. The van der Waals surface area contributed by atoms with Gasteiger partial charge in [0.15, 0.2) is 6.61 Å². The highest BCUT2D eigenvalue weighted by Gasteiger charge is 2.48. The molecule has 0 aromatic heterocycles. The number of nitrogens with one attached hydrogen (secondary N) is 1. The van der Waals surface area contributed by atoms with E-state index in [1.807, 2.05) is 0 Å². The van der Waals surface area contributed by atoms with Gasteiger partial charge in [0, 0.05) is 5.56 Å². The van der Waals surface area contributed by atoms with Crippen LogP contribution in [0.4, 0.5) is 13.6 Å². The van der Waals surface area contributed by atoms with Gasteiger partial charge >= 0.3 is 12.0 Å². The van der Waals surface area contributed by atoms with Crippen LogP contribution >= 0.6 is 12.4 Å². The molecule has 1 aromatic carbocycles. The number of carbonyl (C=O) groups is 1. The van der Waals surface area contributed by atoms with Crippen LogP contribution in [-0.2, 0) is 4.74 Å². The van der Waals surface area contributed by atoms with Crippen molar-refractivity contribution in [1.29, 1.82) is 0 Å². The van der Waals surface area contributed by atoms with Gasteiger partial charge in [0.25, 0.3) is 0 Å². The van der Waals surface area contributed by atoms with Crippen LogP contribution in [-0.4, -0.2) is 32.8 Å². The maximum Gasteiger partial charge on any atom is 0.408 e. The number of amides is 1. The van der Waals surface area contributed by atoms with Crippen molar-refractivity contribution in [2.75, 3.05) is 20.8 Å². The number of alkyl carbamates (subject to hydrolysis) is 1. The predicted molar refractivity (Wildman–Crippen MR) is 69.0 cm³/mol. The van der Waals surface area contributed by atoms with E-state index in [1.54, 1.807) is 6.07 Å². The summed E-state index contributed by atoms with van der Waals surface area (Å²) in [5.41, 5.74) is 0.142. The summed E-state index contributed by atoms with van der Waals surface area (Å²) in [5.74, 6) is -2.59. The van der Waals surface area contributed by atoms with Gasteiger partial charge in [-0.15, -0.1) is 12.4 Å². The molecule has 1 aliphatic rings. The van der Waals surface area contributed by atoms with E-state index >= 15 is 0 Å². The Balaban J connectivity index is 0.00000200. The van der Waals surface area contributed by atoms with E-state index in [0.29, 0.717) is 5.75 Å². The summed E-state index contributed by atoms with van der Waals surface area (Å²) in [6.07, 6.45) is -0.888. The molecule has 0 spiro atoms. The van der Waals surface area contributed by atoms with Gasteiger partial charge < -0.3 is 19.5 Å². The smallest absolute Gasteiger partial charge is 0.408 e. The average molecular weight is 310 g/mol. The van der Waals surface area contributed by atoms with Crippen molar-refractivity contribution < 1.29 is 27.8 Å². The van der Waals surface area contributed by atoms with E-state index < -0.39 is 24.7 Å². The van der Waals surface area contributed by atoms with E-state index in [2.05, 4.69) is 10.1 Å². The summed E-state index contributed by atoms with van der Waals surface area (Å²) in [6.45, 7) is -0.968. The van der Waals surface area contributed by atoms with Crippen LogP contribution in [0.25, 0.3) is 0 Å². The lowest BCUT2D eigenvalue weighted by Crippen LogP contribution is -2.49. The lowest BCUT2D eigenvalue weighted by molar-refractivity contribution is -0.104. The van der Waals surface area contributed by atoms with Crippen molar-refractivity contribution in [3.8, 4) is 11.5 Å². The van der Waals surface area contributed by atoms with E-state index in [9.17, 15) is 13.6 Å². The quantitative estimate of drug-likeness (QED) is 0.932. The Bertz CT molecular complexity index is 498. The normalized spacial score (nSPS) is 20.2. The summed E-state index contributed by atoms with van der Waals surface area (Å²) < 4.78 is 42.0. The first-order valence-corrected chi connectivity index (χ1v) is 5.51. The van der Waals surface area contributed by atoms with Gasteiger partial charge in [-0.25, -0.2) is 13.6 Å². The molecule has 1 aromatic rings. The Morgan fingerprint density at radius 3 is 2.65 bits per heavy atom. The summed E-state index contributed by atoms with van der Waals surface area (Å²) in [7, 11) is 2.79. The summed E-state index contributed by atoms with van der Waals surface area (Å²) in [5, 5.41) is 2.10. The Morgan fingerprint density at radius 2 is 2.05 bits per heavy atom. The largest absolute Gasteiger partial charge is 0.497 e. The number of methoxy groups -OCH3 is 2. The zero-order chi connectivity index (χ0) is 14.0. The van der Waals surface area contributed by atoms with Crippen LogP contribution in [0.15, 0.2) is 18.2 Å². The van der Waals surface area contributed by atoms with Gasteiger partial charge in [-0.1, -0.05) is 0 Å². The van der Waals surface area contributed by atoms with Gasteiger partial charge in [-0.2, -0.15) is 0 Å². The second kappa shape index (κ2) is 6.13. The number of alkyl halides is 2. The highest BCUT2D eigenvalue weighted by Crippen LogP contribution is 2.39. The minimum atomic E-state index is -3.23. The monoisotopic (exact) mass is 309 g/mol. The fraction of sp³-hybridized carbons (Fsp3) is 0.417. The highest BCUT2D eigenvalue weighted by atomic mass is 35.5. The van der Waals surface area contributed by atoms with Gasteiger partial charge in [-0.05, 0) is 18.2 Å². The molecule has 1 aliphatic heterocycles. The molecule has 20 heavy (non-hydrogen) atoms. The van der Waals surface area contributed by atoms with Crippen LogP contribution < -0.4 is 14.8 Å². The summed E-state index contributed by atoms with van der Waals surface area (Å²) >= 11 is 0. The van der Waals surface area contributed by atoms with Gasteiger partial charge in [0.1, 0.15) is 17.5 Å². The van der Waals surface area contributed by atoms with Crippen molar-refractivity contribution in [3.63, 3.8) is 0 Å². The molecule has 1 atom stereocenters. The number of cyclic esters (lactones) is 1. The standard InChI is InChI=1S/C12H13F2NO4.ClH/c1-17-7-3-4-9(18-2)8(5-7)10-12(13,14)6-19-11(16)15-10;/h3-5,10H,6H2,1-2H3,(H,15,16);1H/t10-;/m0./s1. The zero-order valence-corrected chi connectivity index (χ0v) is 11.6. The number of benzene rings is 1. The molecule has 1 saturated heterocycles. The number of hydrogen-bond acceptors (Lipinski definition) is 4. The molecule has 8 heteroatoms. The number of hydrogen-bond donors (Lipinski definition) is 1. The molecule has 112 valence electrons. The fourth-order valence-corrected chi connectivity index (χ4v) is 1.88. The van der Waals surface area contributed by atoms with Crippen molar-refractivity contribution >= 4 is 18.5 Å². The van der Waals surface area contributed by atoms with E-state index in [-0.39, 0.29) is 23.7 Å². The third kappa shape index (κ3) is 3.04. The van der Waals surface area contributed by atoms with Crippen LogP contribution in [0.1, 0.15) is 11.6 Å². The minimum Gasteiger partial charge on any atom is -0.497 e. The predicted octanol–water partition coefficient (Wildman–Crippen LogP) is 2.54. The van der Waals surface area contributed by atoms with E-state index in [0.717, 1.165) is 0 Å². The molecule has 1 N–H and O–H groups in total. The topological polar surface area (TPSA) is 56.8 Å². The maximum absolute atomic E-state index is 13.8. The molecule has 1 fully saturated rings. The van der Waals surface area contributed by atoms with Crippen molar-refractivity contribution in [3.05, 3.63) is 23.8 Å². The number of rotatable bonds is 3. The molecule has 0 aliphatic carbocycles. The van der Waals surface area contributed by atoms with Crippen molar-refractivity contribution in [2.45, 2.75) is 12.0 Å². The molecular weight excluding hydrogens is 296 g/mol. The number of carbonyl (C=O) groups excluding carboxylic acids is 1.